The molecule has 2 aliphatic rings. The molecule has 3 heterocycles. The van der Waals surface area contributed by atoms with E-state index in [9.17, 15) is 4.79 Å². The monoisotopic (exact) mass is 264 g/mol. The Morgan fingerprint density at radius 2 is 2.39 bits per heavy atom. The maximum absolute atomic E-state index is 12.6. The van der Waals surface area contributed by atoms with Crippen LogP contribution in [0.25, 0.3) is 0 Å². The summed E-state index contributed by atoms with van der Waals surface area (Å²) in [5, 5.41) is 7.55. The fourth-order valence-electron chi connectivity index (χ4n) is 2.97. The first-order valence-electron chi connectivity index (χ1n) is 6.80. The molecular formula is C14H20N2OS. The highest BCUT2D eigenvalue weighted by molar-refractivity contribution is 7.07. The summed E-state index contributed by atoms with van der Waals surface area (Å²) in [6.45, 7) is 5.04. The van der Waals surface area contributed by atoms with E-state index in [2.05, 4.69) is 34.0 Å². The van der Waals surface area contributed by atoms with Gasteiger partial charge in [-0.25, -0.2) is 0 Å². The van der Waals surface area contributed by atoms with Gasteiger partial charge < -0.3 is 10.2 Å². The van der Waals surface area contributed by atoms with Crippen LogP contribution >= 0.6 is 11.3 Å². The summed E-state index contributed by atoms with van der Waals surface area (Å²) < 4.78 is 0. The third-order valence-electron chi connectivity index (χ3n) is 4.37. The first-order chi connectivity index (χ1) is 8.77. The minimum absolute atomic E-state index is 0.172. The molecule has 4 heteroatoms. The number of carbonyl (C=O) groups excluding carboxylic acids is 1. The second-order valence-electron chi connectivity index (χ2n) is 5.45. The van der Waals surface area contributed by atoms with Crippen LogP contribution in [0.2, 0.25) is 0 Å². The molecule has 2 saturated heterocycles. The molecule has 1 aromatic heterocycles. The maximum atomic E-state index is 12.6. The molecule has 1 aromatic rings. The second kappa shape index (κ2) is 5.02. The summed E-state index contributed by atoms with van der Waals surface area (Å²) in [5.41, 5.74) is 1.32. The van der Waals surface area contributed by atoms with Gasteiger partial charge in [0.15, 0.2) is 0 Å². The molecule has 2 fully saturated rings. The van der Waals surface area contributed by atoms with Crippen molar-refractivity contribution in [1.29, 1.82) is 0 Å². The standard InChI is InChI=1S/C14H20N2OS/c1-10(12-7-15-8-12)14(17)16-5-2-3-13(16)11-4-6-18-9-11/h4,6,9-10,12-13,15H,2-3,5,7-8H2,1H3. The predicted molar refractivity (Wildman–Crippen MR) is 73.5 cm³/mol. The topological polar surface area (TPSA) is 32.3 Å². The second-order valence-corrected chi connectivity index (χ2v) is 6.23. The molecule has 98 valence electrons. The van der Waals surface area contributed by atoms with Gasteiger partial charge in [0.2, 0.25) is 5.91 Å². The van der Waals surface area contributed by atoms with E-state index in [1.165, 1.54) is 5.56 Å². The van der Waals surface area contributed by atoms with Crippen LogP contribution < -0.4 is 5.32 Å². The van der Waals surface area contributed by atoms with Crippen molar-refractivity contribution in [3.05, 3.63) is 22.4 Å². The molecule has 0 bridgehead atoms. The summed E-state index contributed by atoms with van der Waals surface area (Å²) >= 11 is 1.72. The maximum Gasteiger partial charge on any atom is 0.226 e. The number of amides is 1. The Morgan fingerprint density at radius 3 is 3.00 bits per heavy atom. The fourth-order valence-corrected chi connectivity index (χ4v) is 3.68. The summed E-state index contributed by atoms with van der Waals surface area (Å²) in [7, 11) is 0. The van der Waals surface area contributed by atoms with Crippen molar-refractivity contribution in [3.8, 4) is 0 Å². The summed E-state index contributed by atoms with van der Waals surface area (Å²) in [4.78, 5) is 14.7. The van der Waals surface area contributed by atoms with Gasteiger partial charge in [-0.1, -0.05) is 6.92 Å². The third kappa shape index (κ3) is 2.08. The molecule has 2 unspecified atom stereocenters. The number of nitrogens with zero attached hydrogens (tertiary/aromatic N) is 1. The number of likely N-dealkylation sites (tertiary alicyclic amines) is 1. The van der Waals surface area contributed by atoms with E-state index in [-0.39, 0.29) is 5.92 Å². The normalized spacial score (nSPS) is 26.1. The molecule has 2 aliphatic heterocycles. The van der Waals surface area contributed by atoms with Gasteiger partial charge in [-0.05, 0) is 54.2 Å². The molecule has 0 aliphatic carbocycles. The average Bonchev–Trinajstić information content (AvgIpc) is 2.95. The van der Waals surface area contributed by atoms with Crippen molar-refractivity contribution in [2.24, 2.45) is 11.8 Å². The molecule has 0 radical (unpaired) electrons. The van der Waals surface area contributed by atoms with E-state index >= 15 is 0 Å². The highest BCUT2D eigenvalue weighted by Gasteiger charge is 2.36. The van der Waals surface area contributed by atoms with Crippen LogP contribution in [0.1, 0.15) is 31.4 Å². The van der Waals surface area contributed by atoms with E-state index in [1.807, 2.05) is 0 Å². The molecule has 0 aromatic carbocycles. The zero-order valence-electron chi connectivity index (χ0n) is 10.8. The Labute approximate surface area is 112 Å². The zero-order chi connectivity index (χ0) is 12.5. The van der Waals surface area contributed by atoms with Gasteiger partial charge in [0.1, 0.15) is 0 Å². The Kier molecular flexibility index (Phi) is 3.39. The first-order valence-corrected chi connectivity index (χ1v) is 7.75. The highest BCUT2D eigenvalue weighted by atomic mass is 32.1. The van der Waals surface area contributed by atoms with Crippen molar-refractivity contribution in [2.45, 2.75) is 25.8 Å². The Bertz CT molecular complexity index is 413. The molecule has 1 N–H and O–H groups in total. The lowest BCUT2D eigenvalue weighted by Crippen LogP contribution is -2.50. The number of nitrogens with one attached hydrogen (secondary N) is 1. The van der Waals surface area contributed by atoms with Crippen LogP contribution in [0.4, 0.5) is 0 Å². The third-order valence-corrected chi connectivity index (χ3v) is 5.07. The van der Waals surface area contributed by atoms with Crippen LogP contribution in [0.15, 0.2) is 16.8 Å². The molecule has 0 saturated carbocycles. The van der Waals surface area contributed by atoms with E-state index < -0.39 is 0 Å². The van der Waals surface area contributed by atoms with E-state index in [0.29, 0.717) is 17.9 Å². The van der Waals surface area contributed by atoms with Gasteiger partial charge in [-0.3, -0.25) is 4.79 Å². The smallest absolute Gasteiger partial charge is 0.226 e. The van der Waals surface area contributed by atoms with Gasteiger partial charge >= 0.3 is 0 Å². The van der Waals surface area contributed by atoms with Gasteiger partial charge in [0.05, 0.1) is 6.04 Å². The molecule has 3 rings (SSSR count). The Morgan fingerprint density at radius 1 is 1.56 bits per heavy atom. The molecule has 2 atom stereocenters. The minimum atomic E-state index is 0.172. The fraction of sp³-hybridized carbons (Fsp3) is 0.643. The van der Waals surface area contributed by atoms with Crippen molar-refractivity contribution in [3.63, 3.8) is 0 Å². The molecule has 18 heavy (non-hydrogen) atoms. The lowest BCUT2D eigenvalue weighted by atomic mass is 9.87. The lowest BCUT2D eigenvalue weighted by Gasteiger charge is -2.35. The number of hydrogen-bond donors (Lipinski definition) is 1. The number of carbonyl (C=O) groups is 1. The minimum Gasteiger partial charge on any atom is -0.335 e. The van der Waals surface area contributed by atoms with Gasteiger partial charge in [-0.2, -0.15) is 11.3 Å². The van der Waals surface area contributed by atoms with Gasteiger partial charge in [0, 0.05) is 12.5 Å². The van der Waals surface area contributed by atoms with Crippen LogP contribution in [0.3, 0.4) is 0 Å². The Balaban J connectivity index is 1.72. The van der Waals surface area contributed by atoms with Crippen LogP contribution in [-0.4, -0.2) is 30.4 Å². The molecular weight excluding hydrogens is 244 g/mol. The van der Waals surface area contributed by atoms with Crippen molar-refractivity contribution in [1.82, 2.24) is 10.2 Å². The van der Waals surface area contributed by atoms with E-state index in [4.69, 9.17) is 0 Å². The molecule has 1 amide bonds. The van der Waals surface area contributed by atoms with Crippen LogP contribution in [0, 0.1) is 11.8 Å². The van der Waals surface area contributed by atoms with Gasteiger partial charge in [0.25, 0.3) is 0 Å². The van der Waals surface area contributed by atoms with Crippen molar-refractivity contribution < 1.29 is 4.79 Å². The quantitative estimate of drug-likeness (QED) is 0.908. The summed E-state index contributed by atoms with van der Waals surface area (Å²) in [6, 6.07) is 2.50. The predicted octanol–water partition coefficient (Wildman–Crippen LogP) is 2.27. The largest absolute Gasteiger partial charge is 0.335 e. The number of thiophene rings is 1. The average molecular weight is 264 g/mol. The zero-order valence-corrected chi connectivity index (χ0v) is 11.6. The van der Waals surface area contributed by atoms with Crippen LogP contribution in [0.5, 0.6) is 0 Å². The van der Waals surface area contributed by atoms with Gasteiger partial charge in [-0.15, -0.1) is 0 Å². The lowest BCUT2D eigenvalue weighted by molar-refractivity contribution is -0.138. The highest BCUT2D eigenvalue weighted by Crippen LogP contribution is 2.35. The first kappa shape index (κ1) is 12.2. The molecule has 0 spiro atoms. The van der Waals surface area contributed by atoms with Crippen molar-refractivity contribution >= 4 is 17.2 Å². The SMILES string of the molecule is CC(C(=O)N1CCCC1c1ccsc1)C1CNC1. The van der Waals surface area contributed by atoms with Crippen LogP contribution in [-0.2, 0) is 4.79 Å². The van der Waals surface area contributed by atoms with E-state index in [0.717, 1.165) is 32.5 Å². The Hall–Kier alpha value is -0.870. The van der Waals surface area contributed by atoms with E-state index in [1.54, 1.807) is 11.3 Å². The number of hydrogen-bond acceptors (Lipinski definition) is 3. The number of rotatable bonds is 3. The van der Waals surface area contributed by atoms with Crippen molar-refractivity contribution in [2.75, 3.05) is 19.6 Å². The molecule has 3 nitrogen and oxygen atoms in total. The summed E-state index contributed by atoms with van der Waals surface area (Å²) in [5.74, 6) is 1.07. The summed E-state index contributed by atoms with van der Waals surface area (Å²) in [6.07, 6.45) is 2.26.